The van der Waals surface area contributed by atoms with Crippen LogP contribution in [-0.2, 0) is 6.61 Å². The fourth-order valence-electron chi connectivity index (χ4n) is 1.65. The van der Waals surface area contributed by atoms with Crippen LogP contribution in [0.5, 0.6) is 11.5 Å². The Morgan fingerprint density at radius 2 is 1.85 bits per heavy atom. The van der Waals surface area contributed by atoms with E-state index in [1.165, 1.54) is 25.3 Å². The highest BCUT2D eigenvalue weighted by atomic mass is 35.5. The highest BCUT2D eigenvalue weighted by Gasteiger charge is 2.11. The first kappa shape index (κ1) is 14.8. The van der Waals surface area contributed by atoms with Crippen LogP contribution in [0.2, 0.25) is 10.0 Å². The van der Waals surface area contributed by atoms with Gasteiger partial charge in [-0.3, -0.25) is 0 Å². The van der Waals surface area contributed by atoms with Gasteiger partial charge in [0, 0.05) is 11.6 Å². The fraction of sp³-hybridized carbons (Fsp3) is 0.143. The van der Waals surface area contributed by atoms with Gasteiger partial charge in [-0.1, -0.05) is 35.3 Å². The molecule has 0 saturated heterocycles. The van der Waals surface area contributed by atoms with Gasteiger partial charge in [0.05, 0.1) is 22.8 Å². The van der Waals surface area contributed by atoms with Gasteiger partial charge in [0.25, 0.3) is 0 Å². The number of anilines is 1. The summed E-state index contributed by atoms with van der Waals surface area (Å²) in [6.45, 7) is 0.00515. The zero-order valence-electron chi connectivity index (χ0n) is 10.6. The summed E-state index contributed by atoms with van der Waals surface area (Å²) in [7, 11) is 1.40. The lowest BCUT2D eigenvalue weighted by atomic mass is 10.2. The molecule has 0 unspecified atom stereocenters. The molecular weight excluding hydrogens is 304 g/mol. The number of nitrogens with two attached hydrogens (primary N) is 1. The van der Waals surface area contributed by atoms with Crippen molar-refractivity contribution >= 4 is 28.9 Å². The van der Waals surface area contributed by atoms with Crippen LogP contribution in [0.1, 0.15) is 5.56 Å². The average Bonchev–Trinajstić information content (AvgIpc) is 2.43. The minimum absolute atomic E-state index is 0.00515. The number of ether oxygens (including phenoxy) is 2. The predicted octanol–water partition coefficient (Wildman–Crippen LogP) is 4.30. The standard InChI is InChI=1S/C14H12Cl2FNO2/c1-19-12-4-2-3-8(14(12)17)7-20-13-6-10(16)9(15)5-11(13)18/h2-6H,7,18H2,1H3. The van der Waals surface area contributed by atoms with Gasteiger partial charge in [0.1, 0.15) is 12.4 Å². The van der Waals surface area contributed by atoms with Crippen LogP contribution in [0.15, 0.2) is 30.3 Å². The summed E-state index contributed by atoms with van der Waals surface area (Å²) in [6.07, 6.45) is 0. The number of hydrogen-bond acceptors (Lipinski definition) is 3. The molecular formula is C14H12Cl2FNO2. The zero-order valence-corrected chi connectivity index (χ0v) is 12.1. The molecule has 0 aliphatic heterocycles. The molecule has 0 aliphatic carbocycles. The zero-order chi connectivity index (χ0) is 14.7. The molecule has 0 aliphatic rings. The summed E-state index contributed by atoms with van der Waals surface area (Å²) >= 11 is 11.7. The Morgan fingerprint density at radius 3 is 2.55 bits per heavy atom. The van der Waals surface area contributed by atoms with Crippen molar-refractivity contribution in [2.75, 3.05) is 12.8 Å². The van der Waals surface area contributed by atoms with E-state index >= 15 is 0 Å². The van der Waals surface area contributed by atoms with Gasteiger partial charge >= 0.3 is 0 Å². The number of halogens is 3. The second kappa shape index (κ2) is 6.20. The molecule has 0 saturated carbocycles. The first-order valence-corrected chi connectivity index (χ1v) is 6.47. The van der Waals surface area contributed by atoms with Gasteiger partial charge in [-0.25, -0.2) is 4.39 Å². The summed E-state index contributed by atoms with van der Waals surface area (Å²) in [4.78, 5) is 0. The molecule has 0 amide bonds. The highest BCUT2D eigenvalue weighted by molar-refractivity contribution is 6.42. The van der Waals surface area contributed by atoms with Gasteiger partial charge in [0.15, 0.2) is 11.6 Å². The van der Waals surface area contributed by atoms with Gasteiger partial charge in [0.2, 0.25) is 0 Å². The van der Waals surface area contributed by atoms with E-state index in [9.17, 15) is 4.39 Å². The van der Waals surface area contributed by atoms with Crippen LogP contribution in [0, 0.1) is 5.82 Å². The van der Waals surface area contributed by atoms with E-state index < -0.39 is 5.82 Å². The van der Waals surface area contributed by atoms with Crippen molar-refractivity contribution < 1.29 is 13.9 Å². The molecule has 0 bridgehead atoms. The number of methoxy groups -OCH3 is 1. The van der Waals surface area contributed by atoms with Crippen LogP contribution in [0.25, 0.3) is 0 Å². The van der Waals surface area contributed by atoms with E-state index in [-0.39, 0.29) is 12.4 Å². The maximum atomic E-state index is 13.9. The summed E-state index contributed by atoms with van der Waals surface area (Å²) in [5, 5.41) is 0.658. The van der Waals surface area contributed by atoms with E-state index in [0.29, 0.717) is 27.0 Å². The van der Waals surface area contributed by atoms with Crippen LogP contribution in [-0.4, -0.2) is 7.11 Å². The number of rotatable bonds is 4. The Morgan fingerprint density at radius 1 is 1.15 bits per heavy atom. The highest BCUT2D eigenvalue weighted by Crippen LogP contribution is 2.33. The maximum Gasteiger partial charge on any atom is 0.171 e. The smallest absolute Gasteiger partial charge is 0.171 e. The van der Waals surface area contributed by atoms with Crippen LogP contribution in [0.3, 0.4) is 0 Å². The molecule has 0 atom stereocenters. The van der Waals surface area contributed by atoms with E-state index in [4.69, 9.17) is 38.4 Å². The van der Waals surface area contributed by atoms with Crippen molar-refractivity contribution in [1.82, 2.24) is 0 Å². The lowest BCUT2D eigenvalue weighted by molar-refractivity contribution is 0.297. The van der Waals surface area contributed by atoms with Crippen molar-refractivity contribution in [3.63, 3.8) is 0 Å². The lowest BCUT2D eigenvalue weighted by Gasteiger charge is -2.12. The molecule has 2 rings (SSSR count). The molecule has 0 radical (unpaired) electrons. The summed E-state index contributed by atoms with van der Waals surface area (Å²) in [5.41, 5.74) is 6.45. The van der Waals surface area contributed by atoms with E-state index in [1.54, 1.807) is 12.1 Å². The van der Waals surface area contributed by atoms with Crippen molar-refractivity contribution in [2.45, 2.75) is 6.61 Å². The molecule has 0 aromatic heterocycles. The van der Waals surface area contributed by atoms with Crippen LogP contribution < -0.4 is 15.2 Å². The molecule has 2 aromatic rings. The summed E-state index contributed by atoms with van der Waals surface area (Å²) < 4.78 is 24.3. The normalized spacial score (nSPS) is 10.4. The Bertz CT molecular complexity index is 635. The van der Waals surface area contributed by atoms with E-state index in [2.05, 4.69) is 0 Å². The number of benzene rings is 2. The summed E-state index contributed by atoms with van der Waals surface area (Å²) in [6, 6.07) is 7.80. The molecule has 0 spiro atoms. The average molecular weight is 316 g/mol. The van der Waals surface area contributed by atoms with Crippen LogP contribution >= 0.6 is 23.2 Å². The molecule has 0 heterocycles. The lowest BCUT2D eigenvalue weighted by Crippen LogP contribution is -2.02. The van der Waals surface area contributed by atoms with Gasteiger partial charge < -0.3 is 15.2 Å². The second-order valence-electron chi connectivity index (χ2n) is 4.03. The first-order chi connectivity index (χ1) is 9.52. The topological polar surface area (TPSA) is 44.5 Å². The number of hydrogen-bond donors (Lipinski definition) is 1. The van der Waals surface area contributed by atoms with Crippen molar-refractivity contribution in [1.29, 1.82) is 0 Å². The monoisotopic (exact) mass is 315 g/mol. The van der Waals surface area contributed by atoms with Crippen molar-refractivity contribution in [3.8, 4) is 11.5 Å². The molecule has 106 valence electrons. The molecule has 0 fully saturated rings. The third kappa shape index (κ3) is 3.08. The van der Waals surface area contributed by atoms with Crippen molar-refractivity contribution in [3.05, 3.63) is 51.8 Å². The first-order valence-electron chi connectivity index (χ1n) is 5.71. The van der Waals surface area contributed by atoms with Crippen molar-refractivity contribution in [2.24, 2.45) is 0 Å². The quantitative estimate of drug-likeness (QED) is 0.855. The Labute approximate surface area is 126 Å². The molecule has 6 heteroatoms. The van der Waals surface area contributed by atoms with Gasteiger partial charge in [-0.2, -0.15) is 0 Å². The molecule has 20 heavy (non-hydrogen) atoms. The van der Waals surface area contributed by atoms with E-state index in [0.717, 1.165) is 0 Å². The largest absolute Gasteiger partial charge is 0.494 e. The third-order valence-electron chi connectivity index (χ3n) is 2.70. The van der Waals surface area contributed by atoms with E-state index in [1.807, 2.05) is 0 Å². The minimum atomic E-state index is -0.464. The second-order valence-corrected chi connectivity index (χ2v) is 4.84. The molecule has 3 nitrogen and oxygen atoms in total. The summed E-state index contributed by atoms with van der Waals surface area (Å²) in [5.74, 6) is 0.0449. The maximum absolute atomic E-state index is 13.9. The fourth-order valence-corrected chi connectivity index (χ4v) is 1.98. The third-order valence-corrected chi connectivity index (χ3v) is 3.42. The van der Waals surface area contributed by atoms with Gasteiger partial charge in [-0.05, 0) is 12.1 Å². The Kier molecular flexibility index (Phi) is 4.57. The predicted molar refractivity (Wildman–Crippen MR) is 78.2 cm³/mol. The minimum Gasteiger partial charge on any atom is -0.494 e. The Hall–Kier alpha value is -1.65. The van der Waals surface area contributed by atoms with Gasteiger partial charge in [-0.15, -0.1) is 0 Å². The van der Waals surface area contributed by atoms with Crippen LogP contribution in [0.4, 0.5) is 10.1 Å². The molecule has 2 N–H and O–H groups in total. The Balaban J connectivity index is 2.19. The SMILES string of the molecule is COc1cccc(COc2cc(Cl)c(Cl)cc2N)c1F. The molecule has 2 aromatic carbocycles. The number of nitrogen functional groups attached to an aromatic ring is 1.